The van der Waals surface area contributed by atoms with E-state index in [-0.39, 0.29) is 11.4 Å². The number of pyridine rings is 1. The summed E-state index contributed by atoms with van der Waals surface area (Å²) in [5.74, 6) is -0.303. The molecule has 4 rings (SSSR count). The van der Waals surface area contributed by atoms with E-state index in [1.807, 2.05) is 0 Å². The molecule has 0 unspecified atom stereocenters. The maximum atomic E-state index is 13.4. The summed E-state index contributed by atoms with van der Waals surface area (Å²) in [5.41, 5.74) is 1.41. The van der Waals surface area contributed by atoms with Gasteiger partial charge < -0.3 is 9.84 Å². The van der Waals surface area contributed by atoms with Crippen molar-refractivity contribution < 1.29 is 13.7 Å². The molecule has 4 aromatic rings. The second-order valence-corrected chi connectivity index (χ2v) is 5.16. The van der Waals surface area contributed by atoms with Crippen molar-refractivity contribution in [3.63, 3.8) is 0 Å². The number of carbonyl (C=O) groups excluding carboxylic acids is 1. The molecule has 25 heavy (non-hydrogen) atoms. The number of rotatable bonds is 3. The van der Waals surface area contributed by atoms with Gasteiger partial charge in [0.05, 0.1) is 10.9 Å². The molecule has 3 aromatic heterocycles. The normalized spacial score (nSPS) is 10.8. The first-order valence-electron chi connectivity index (χ1n) is 7.29. The average Bonchev–Trinajstić information content (AvgIpc) is 3.04. The van der Waals surface area contributed by atoms with Crippen molar-refractivity contribution in [1.29, 1.82) is 0 Å². The summed E-state index contributed by atoms with van der Waals surface area (Å²) in [7, 11) is 0. The minimum Gasteiger partial charge on any atom is -0.354 e. The lowest BCUT2D eigenvalue weighted by Gasteiger charge is -2.03. The van der Waals surface area contributed by atoms with E-state index in [0.717, 1.165) is 5.56 Å². The van der Waals surface area contributed by atoms with Crippen LogP contribution in [0.25, 0.3) is 22.4 Å². The molecule has 1 N–H and O–H groups in total. The fraction of sp³-hybridized carbons (Fsp3) is 0. The summed E-state index contributed by atoms with van der Waals surface area (Å²) >= 11 is 0. The highest BCUT2D eigenvalue weighted by molar-refractivity contribution is 6.07. The molecule has 8 heteroatoms. The minimum atomic E-state index is -0.472. The quantitative estimate of drug-likeness (QED) is 0.618. The molecule has 1 aromatic carbocycles. The summed E-state index contributed by atoms with van der Waals surface area (Å²) in [6, 6.07) is 7.48. The van der Waals surface area contributed by atoms with E-state index in [1.165, 1.54) is 30.6 Å². The minimum absolute atomic E-state index is 0.137. The molecular formula is C17H10FN5O2. The second-order valence-electron chi connectivity index (χ2n) is 5.16. The molecule has 3 heterocycles. The van der Waals surface area contributed by atoms with Crippen molar-refractivity contribution in [2.24, 2.45) is 0 Å². The van der Waals surface area contributed by atoms with Crippen LogP contribution < -0.4 is 5.32 Å². The Kier molecular flexibility index (Phi) is 3.62. The van der Waals surface area contributed by atoms with Crippen LogP contribution in [0.15, 0.2) is 59.6 Å². The number of aromatic nitrogens is 4. The van der Waals surface area contributed by atoms with Crippen molar-refractivity contribution in [3.05, 3.63) is 66.5 Å². The molecule has 0 radical (unpaired) electrons. The number of benzene rings is 1. The molecule has 0 fully saturated rings. The van der Waals surface area contributed by atoms with Gasteiger partial charge in [-0.3, -0.25) is 9.78 Å². The van der Waals surface area contributed by atoms with Gasteiger partial charge in [-0.05, 0) is 30.3 Å². The van der Waals surface area contributed by atoms with Crippen molar-refractivity contribution in [2.45, 2.75) is 0 Å². The van der Waals surface area contributed by atoms with Crippen LogP contribution in [0.5, 0.6) is 0 Å². The van der Waals surface area contributed by atoms with E-state index in [1.54, 1.807) is 24.5 Å². The van der Waals surface area contributed by atoms with Crippen LogP contribution in [0.1, 0.15) is 10.4 Å². The van der Waals surface area contributed by atoms with Crippen LogP contribution in [-0.2, 0) is 0 Å². The molecule has 0 spiro atoms. The summed E-state index contributed by atoms with van der Waals surface area (Å²) in [6.45, 7) is 0. The van der Waals surface area contributed by atoms with Crippen LogP contribution in [0, 0.1) is 5.82 Å². The Bertz CT molecular complexity index is 1050. The van der Waals surface area contributed by atoms with Gasteiger partial charge in [0.15, 0.2) is 17.2 Å². The third kappa shape index (κ3) is 2.92. The average molecular weight is 335 g/mol. The van der Waals surface area contributed by atoms with Crippen LogP contribution in [-0.4, -0.2) is 26.0 Å². The molecule has 0 bridgehead atoms. The zero-order valence-corrected chi connectivity index (χ0v) is 12.7. The van der Waals surface area contributed by atoms with E-state index in [0.29, 0.717) is 16.8 Å². The zero-order valence-electron chi connectivity index (χ0n) is 12.7. The summed E-state index contributed by atoms with van der Waals surface area (Å²) in [4.78, 5) is 24.6. The number of carbonyl (C=O) groups is 1. The van der Waals surface area contributed by atoms with Gasteiger partial charge in [-0.1, -0.05) is 5.16 Å². The van der Waals surface area contributed by atoms with Crippen LogP contribution in [0.2, 0.25) is 0 Å². The molecule has 0 saturated heterocycles. The number of hydrogen-bond acceptors (Lipinski definition) is 6. The molecule has 0 saturated carbocycles. The summed E-state index contributed by atoms with van der Waals surface area (Å²) < 4.78 is 18.4. The van der Waals surface area contributed by atoms with Gasteiger partial charge in [0, 0.05) is 30.4 Å². The first kappa shape index (κ1) is 14.9. The predicted molar refractivity (Wildman–Crippen MR) is 87.2 cm³/mol. The van der Waals surface area contributed by atoms with Gasteiger partial charge in [0.25, 0.3) is 5.91 Å². The number of anilines is 1. The predicted octanol–water partition coefficient (Wildman–Crippen LogP) is 3.07. The second kappa shape index (κ2) is 6.08. The van der Waals surface area contributed by atoms with Crippen LogP contribution in [0.3, 0.4) is 0 Å². The molecule has 122 valence electrons. The fourth-order valence-electron chi connectivity index (χ4n) is 2.28. The van der Waals surface area contributed by atoms with E-state index in [2.05, 4.69) is 25.4 Å². The number of nitrogens with zero attached hydrogens (tertiary/aromatic N) is 4. The third-order valence-corrected chi connectivity index (χ3v) is 3.52. The molecular weight excluding hydrogens is 325 g/mol. The number of nitrogens with one attached hydrogen (secondary N) is 1. The van der Waals surface area contributed by atoms with E-state index in [4.69, 9.17) is 4.52 Å². The van der Waals surface area contributed by atoms with Crippen molar-refractivity contribution in [1.82, 2.24) is 20.1 Å². The summed E-state index contributed by atoms with van der Waals surface area (Å²) in [6.07, 6.45) is 6.07. The number of halogens is 1. The Morgan fingerprint density at radius 3 is 2.60 bits per heavy atom. The van der Waals surface area contributed by atoms with Gasteiger partial charge in [-0.2, -0.15) is 0 Å². The van der Waals surface area contributed by atoms with Crippen molar-refractivity contribution in [3.8, 4) is 11.4 Å². The van der Waals surface area contributed by atoms with Crippen molar-refractivity contribution >= 4 is 22.7 Å². The molecule has 0 aliphatic carbocycles. The van der Waals surface area contributed by atoms with Crippen molar-refractivity contribution in [2.75, 3.05) is 5.32 Å². The van der Waals surface area contributed by atoms with E-state index < -0.39 is 11.7 Å². The lowest BCUT2D eigenvalue weighted by atomic mass is 10.2. The number of fused-ring (bicyclic) bond motifs is 1. The molecule has 1 amide bonds. The molecule has 7 nitrogen and oxygen atoms in total. The molecule has 0 atom stereocenters. The first-order valence-corrected chi connectivity index (χ1v) is 7.29. The van der Waals surface area contributed by atoms with E-state index >= 15 is 0 Å². The standard InChI is InChI=1S/C17H10FN5O2/c18-12-1-2-14-13(7-12)16(23-25-14)22-17(24)11-8-20-15(21-9-11)10-3-5-19-6-4-10/h1-9H,(H,22,23,24). The largest absolute Gasteiger partial charge is 0.354 e. The van der Waals surface area contributed by atoms with Gasteiger partial charge in [0.2, 0.25) is 0 Å². The SMILES string of the molecule is O=C(Nc1noc2ccc(F)cc12)c1cnc(-c2ccncc2)nc1. The topological polar surface area (TPSA) is 93.8 Å². The fourth-order valence-corrected chi connectivity index (χ4v) is 2.28. The third-order valence-electron chi connectivity index (χ3n) is 3.52. The monoisotopic (exact) mass is 335 g/mol. The van der Waals surface area contributed by atoms with Gasteiger partial charge >= 0.3 is 0 Å². The molecule has 0 aliphatic rings. The van der Waals surface area contributed by atoms with Gasteiger partial charge in [-0.15, -0.1) is 0 Å². The smallest absolute Gasteiger partial charge is 0.260 e. The Morgan fingerprint density at radius 1 is 1.08 bits per heavy atom. The lowest BCUT2D eigenvalue weighted by molar-refractivity contribution is 0.102. The Morgan fingerprint density at radius 2 is 1.84 bits per heavy atom. The first-order chi connectivity index (χ1) is 12.2. The Balaban J connectivity index is 1.57. The highest BCUT2D eigenvalue weighted by atomic mass is 19.1. The maximum Gasteiger partial charge on any atom is 0.260 e. The Hall–Kier alpha value is -3.68. The number of amides is 1. The van der Waals surface area contributed by atoms with E-state index in [9.17, 15) is 9.18 Å². The van der Waals surface area contributed by atoms with Gasteiger partial charge in [0.1, 0.15) is 5.82 Å². The zero-order chi connectivity index (χ0) is 17.2. The summed E-state index contributed by atoms with van der Waals surface area (Å²) in [5, 5.41) is 6.69. The highest BCUT2D eigenvalue weighted by Crippen LogP contribution is 2.24. The maximum absolute atomic E-state index is 13.4. The van der Waals surface area contributed by atoms with Gasteiger partial charge in [-0.25, -0.2) is 14.4 Å². The van der Waals surface area contributed by atoms with Crippen LogP contribution >= 0.6 is 0 Å². The number of hydrogen-bond donors (Lipinski definition) is 1. The molecule has 0 aliphatic heterocycles. The lowest BCUT2D eigenvalue weighted by Crippen LogP contribution is -2.13. The highest BCUT2D eigenvalue weighted by Gasteiger charge is 2.14. The van der Waals surface area contributed by atoms with Crippen LogP contribution in [0.4, 0.5) is 10.2 Å². The Labute approximate surface area is 140 Å².